The zero-order chi connectivity index (χ0) is 39.5. The van der Waals surface area contributed by atoms with Crippen LogP contribution >= 0.6 is 0 Å². The number of hydrogen-bond donors (Lipinski definition) is 2. The van der Waals surface area contributed by atoms with Crippen LogP contribution in [0.2, 0.25) is 96.7 Å². The maximum Gasteiger partial charge on any atom is 0.115 e. The average Bonchev–Trinajstić information content (AvgIpc) is 3.20. The molecule has 10 heteroatoms. The second-order valence-corrected chi connectivity index (χ2v) is 39.0. The van der Waals surface area contributed by atoms with Crippen LogP contribution in [0.3, 0.4) is 0 Å². The molecule has 4 atom stereocenters. The van der Waals surface area contributed by atoms with Gasteiger partial charge in [-0.15, -0.1) is 0 Å². The molecule has 314 valence electrons. The minimum Gasteiger partial charge on any atom is -0.394 e. The maximum atomic E-state index is 10.9. The summed E-state index contributed by atoms with van der Waals surface area (Å²) >= 11 is 0. The number of hydrogen-bond acceptors (Lipinski definition) is 6. The minimum atomic E-state index is -1.28. The number of rotatable bonds is 37. The standard InChI is InChI=1S/C42H94O6Si4/c1-13-49(14-2,15-3)33-25-29-45-39(37-43)41(47-31-27-35-51(19-7,20-8)21-9)42(48-32-28-36-52(22-10,23-11)24-12)40(38-44)46-30-26-34-50(16-4,17-5)18-6/h39-44H,13-38H2,1-12H3/t39-,40-,41-,42+/m0/s1. The first-order valence-corrected chi connectivity index (χ1v) is 34.0. The van der Waals surface area contributed by atoms with Gasteiger partial charge in [0.15, 0.2) is 0 Å². The van der Waals surface area contributed by atoms with E-state index in [1.807, 2.05) is 0 Å². The van der Waals surface area contributed by atoms with Crippen molar-refractivity contribution >= 4 is 32.3 Å². The fraction of sp³-hybridized carbons (Fsp3) is 1.00. The Bertz CT molecular complexity index is 721. The van der Waals surface area contributed by atoms with E-state index in [0.717, 1.165) is 25.7 Å². The number of ether oxygens (including phenoxy) is 4. The molecule has 0 unspecified atom stereocenters. The molecule has 0 aliphatic heterocycles. The van der Waals surface area contributed by atoms with Crippen molar-refractivity contribution in [3.63, 3.8) is 0 Å². The van der Waals surface area contributed by atoms with Crippen molar-refractivity contribution in [1.82, 2.24) is 0 Å². The lowest BCUT2D eigenvalue weighted by atomic mass is 10.0. The van der Waals surface area contributed by atoms with Crippen molar-refractivity contribution in [2.75, 3.05) is 39.6 Å². The Morgan fingerprint density at radius 2 is 0.519 bits per heavy atom. The van der Waals surface area contributed by atoms with Crippen LogP contribution in [-0.4, -0.2) is 107 Å². The first-order valence-electron chi connectivity index (χ1n) is 22.7. The Hall–Kier alpha value is 0.628. The highest BCUT2D eigenvalue weighted by Crippen LogP contribution is 2.31. The minimum absolute atomic E-state index is 0.132. The van der Waals surface area contributed by atoms with Crippen LogP contribution in [0.25, 0.3) is 0 Å². The van der Waals surface area contributed by atoms with E-state index < -0.39 is 56.7 Å². The van der Waals surface area contributed by atoms with Crippen LogP contribution in [0.4, 0.5) is 0 Å². The van der Waals surface area contributed by atoms with Crippen molar-refractivity contribution in [2.24, 2.45) is 0 Å². The van der Waals surface area contributed by atoms with Crippen LogP contribution < -0.4 is 0 Å². The van der Waals surface area contributed by atoms with E-state index in [-0.39, 0.29) is 13.2 Å². The van der Waals surface area contributed by atoms with Crippen molar-refractivity contribution < 1.29 is 29.2 Å². The molecule has 0 radical (unpaired) electrons. The fourth-order valence-electron chi connectivity index (χ4n) is 9.15. The van der Waals surface area contributed by atoms with Gasteiger partial charge in [0.05, 0.1) is 45.5 Å². The van der Waals surface area contributed by atoms with Gasteiger partial charge in [-0.05, 0) is 25.7 Å². The third-order valence-electron chi connectivity index (χ3n) is 15.1. The Morgan fingerprint density at radius 1 is 0.327 bits per heavy atom. The molecule has 0 saturated carbocycles. The predicted octanol–water partition coefficient (Wildman–Crippen LogP) is 12.1. The van der Waals surface area contributed by atoms with Gasteiger partial charge in [0.25, 0.3) is 0 Å². The Morgan fingerprint density at radius 3 is 0.692 bits per heavy atom. The second kappa shape index (κ2) is 29.8. The highest BCUT2D eigenvalue weighted by molar-refractivity contribution is 6.80. The normalized spacial score (nSPS) is 15.6. The summed E-state index contributed by atoms with van der Waals surface area (Å²) < 4.78 is 26.9. The lowest BCUT2D eigenvalue weighted by Crippen LogP contribution is -2.52. The van der Waals surface area contributed by atoms with E-state index in [1.54, 1.807) is 0 Å². The summed E-state index contributed by atoms with van der Waals surface area (Å²) in [5.74, 6) is 0. The summed E-state index contributed by atoms with van der Waals surface area (Å²) in [6, 6.07) is 20.8. The SMILES string of the molecule is CC[Si](CC)(CC)CCCO[C@H]([C@H](OCCC[Si](CC)(CC)CC)[C@H](CO)OCCC[Si](CC)(CC)CC)[C@H](CO)OCCC[Si](CC)(CC)CC. The van der Waals surface area contributed by atoms with Gasteiger partial charge in [0.2, 0.25) is 0 Å². The van der Waals surface area contributed by atoms with Crippen molar-refractivity contribution in [2.45, 2.75) is 230 Å². The van der Waals surface area contributed by atoms with Gasteiger partial charge in [-0.2, -0.15) is 0 Å². The molecule has 0 saturated heterocycles. The fourth-order valence-corrected chi connectivity index (χ4v) is 23.0. The summed E-state index contributed by atoms with van der Waals surface area (Å²) in [5, 5.41) is 21.8. The van der Waals surface area contributed by atoms with Crippen LogP contribution in [0.5, 0.6) is 0 Å². The van der Waals surface area contributed by atoms with Gasteiger partial charge in [-0.1, -0.05) is 180 Å². The molecule has 52 heavy (non-hydrogen) atoms. The third-order valence-corrected chi connectivity index (χ3v) is 38.8. The summed E-state index contributed by atoms with van der Waals surface area (Å²) in [7, 11) is -5.08. The van der Waals surface area contributed by atoms with Crippen LogP contribution in [0, 0.1) is 0 Å². The third kappa shape index (κ3) is 17.4. The van der Waals surface area contributed by atoms with Gasteiger partial charge in [0, 0.05) is 26.4 Å². The molecule has 0 rings (SSSR count). The Kier molecular flexibility index (Phi) is 30.2. The van der Waals surface area contributed by atoms with Gasteiger partial charge in [-0.3, -0.25) is 0 Å². The van der Waals surface area contributed by atoms with Gasteiger partial charge < -0.3 is 29.2 Å². The summed E-state index contributed by atoms with van der Waals surface area (Å²) in [5.41, 5.74) is 0. The predicted molar refractivity (Wildman–Crippen MR) is 240 cm³/mol. The van der Waals surface area contributed by atoms with Crippen LogP contribution in [-0.2, 0) is 18.9 Å². The average molecular weight is 808 g/mol. The van der Waals surface area contributed by atoms with E-state index in [9.17, 15) is 10.2 Å². The van der Waals surface area contributed by atoms with Gasteiger partial charge in [-0.25, -0.2) is 0 Å². The molecule has 2 N–H and O–H groups in total. The molecule has 6 nitrogen and oxygen atoms in total. The number of aliphatic hydroxyl groups excluding tert-OH is 2. The first-order chi connectivity index (χ1) is 25.0. The second-order valence-electron chi connectivity index (χ2n) is 16.5. The van der Waals surface area contributed by atoms with E-state index in [2.05, 4.69) is 83.1 Å². The quantitative estimate of drug-likeness (QED) is 0.0481. The summed E-state index contributed by atoms with van der Waals surface area (Å²) in [6.07, 6.45) is 2.01. The van der Waals surface area contributed by atoms with Gasteiger partial charge in [0.1, 0.15) is 24.4 Å². The molecular formula is C42H94O6Si4. The molecular weight excluding hydrogens is 713 g/mol. The van der Waals surface area contributed by atoms with E-state index in [1.165, 1.54) is 96.7 Å². The van der Waals surface area contributed by atoms with E-state index in [0.29, 0.717) is 26.4 Å². The van der Waals surface area contributed by atoms with Crippen LogP contribution in [0.15, 0.2) is 0 Å². The maximum absolute atomic E-state index is 10.9. The number of aliphatic hydroxyl groups is 2. The van der Waals surface area contributed by atoms with Crippen LogP contribution in [0.1, 0.15) is 109 Å². The monoisotopic (exact) mass is 807 g/mol. The van der Waals surface area contributed by atoms with E-state index >= 15 is 0 Å². The Labute approximate surface area is 329 Å². The zero-order valence-corrected chi connectivity index (χ0v) is 41.2. The Balaban J connectivity index is 6.37. The highest BCUT2D eigenvalue weighted by Gasteiger charge is 2.39. The topological polar surface area (TPSA) is 77.4 Å². The molecule has 0 aromatic carbocycles. The van der Waals surface area contributed by atoms with E-state index in [4.69, 9.17) is 18.9 Å². The highest BCUT2D eigenvalue weighted by atomic mass is 28.3. The smallest absolute Gasteiger partial charge is 0.115 e. The molecule has 0 spiro atoms. The van der Waals surface area contributed by atoms with Crippen molar-refractivity contribution in [3.05, 3.63) is 0 Å². The summed E-state index contributed by atoms with van der Waals surface area (Å²) in [4.78, 5) is 0. The largest absolute Gasteiger partial charge is 0.394 e. The molecule has 0 aliphatic rings. The molecule has 0 heterocycles. The molecule has 0 aromatic rings. The van der Waals surface area contributed by atoms with Gasteiger partial charge >= 0.3 is 0 Å². The molecule has 0 amide bonds. The van der Waals surface area contributed by atoms with Crippen molar-refractivity contribution in [3.8, 4) is 0 Å². The van der Waals surface area contributed by atoms with Crippen molar-refractivity contribution in [1.29, 1.82) is 0 Å². The molecule has 0 fully saturated rings. The lowest BCUT2D eigenvalue weighted by Gasteiger charge is -2.37. The molecule has 0 aromatic heterocycles. The zero-order valence-electron chi connectivity index (χ0n) is 37.2. The first kappa shape index (κ1) is 52.6. The molecule has 0 bridgehead atoms. The molecule has 0 aliphatic carbocycles. The lowest BCUT2D eigenvalue weighted by molar-refractivity contribution is -0.191. The summed E-state index contributed by atoms with van der Waals surface area (Å²) in [6.45, 7) is 30.7.